The molecule has 98 valence electrons. The zero-order valence-electron chi connectivity index (χ0n) is 11.2. The first-order valence-electron chi connectivity index (χ1n) is 6.73. The summed E-state index contributed by atoms with van der Waals surface area (Å²) in [6.45, 7) is 5.90. The molecule has 0 radical (unpaired) electrons. The number of fused-ring (bicyclic) bond motifs is 4. The summed E-state index contributed by atoms with van der Waals surface area (Å²) in [7, 11) is 0. The van der Waals surface area contributed by atoms with Crippen molar-refractivity contribution in [2.45, 2.75) is 45.6 Å². The van der Waals surface area contributed by atoms with Crippen molar-refractivity contribution in [3.05, 3.63) is 11.6 Å². The quantitative estimate of drug-likeness (QED) is 0.569. The van der Waals surface area contributed by atoms with Crippen molar-refractivity contribution in [3.63, 3.8) is 0 Å². The number of aldehydes is 1. The van der Waals surface area contributed by atoms with Crippen LogP contribution in [-0.4, -0.2) is 22.8 Å². The van der Waals surface area contributed by atoms with Gasteiger partial charge in [0.2, 0.25) is 0 Å². The third-order valence-corrected chi connectivity index (χ3v) is 6.16. The molecule has 3 heteroatoms. The van der Waals surface area contributed by atoms with Crippen LogP contribution in [0.1, 0.15) is 40.0 Å². The maximum Gasteiger partial charge on any atom is 0.166 e. The Hall–Kier alpha value is -0.960. The number of allylic oxidation sites excluding steroid dienone is 2. The molecule has 0 aromatic heterocycles. The second kappa shape index (κ2) is 3.13. The number of rotatable bonds is 1. The van der Waals surface area contributed by atoms with Crippen LogP contribution in [0.3, 0.4) is 0 Å². The van der Waals surface area contributed by atoms with Gasteiger partial charge in [-0.15, -0.1) is 0 Å². The van der Waals surface area contributed by atoms with Gasteiger partial charge in [0.25, 0.3) is 0 Å². The Balaban J connectivity index is 2.24. The lowest BCUT2D eigenvalue weighted by molar-refractivity contribution is -0.160. The van der Waals surface area contributed by atoms with Crippen LogP contribution < -0.4 is 0 Å². The van der Waals surface area contributed by atoms with Gasteiger partial charge in [-0.2, -0.15) is 0 Å². The third-order valence-electron chi connectivity index (χ3n) is 6.16. The van der Waals surface area contributed by atoms with Crippen molar-refractivity contribution >= 4 is 12.1 Å². The molecule has 3 aliphatic carbocycles. The monoisotopic (exact) mass is 248 g/mol. The number of ketones is 1. The van der Waals surface area contributed by atoms with Crippen LogP contribution in [0.4, 0.5) is 0 Å². The fourth-order valence-corrected chi connectivity index (χ4v) is 4.55. The molecule has 0 saturated heterocycles. The van der Waals surface area contributed by atoms with Crippen LogP contribution in [-0.2, 0) is 9.59 Å². The molecule has 2 saturated carbocycles. The number of carbonyl (C=O) groups excluding carboxylic acids is 2. The minimum Gasteiger partial charge on any atom is -0.381 e. The molecule has 0 spiro atoms. The molecule has 0 aliphatic heterocycles. The number of hydrogen-bond acceptors (Lipinski definition) is 3. The van der Waals surface area contributed by atoms with E-state index in [1.165, 1.54) is 5.57 Å². The highest BCUT2D eigenvalue weighted by molar-refractivity contribution is 5.98. The lowest BCUT2D eigenvalue weighted by Gasteiger charge is -2.51. The van der Waals surface area contributed by atoms with E-state index in [0.717, 1.165) is 12.7 Å². The van der Waals surface area contributed by atoms with Crippen LogP contribution in [0.15, 0.2) is 11.6 Å². The van der Waals surface area contributed by atoms with Gasteiger partial charge in [-0.05, 0) is 31.6 Å². The molecule has 5 atom stereocenters. The van der Waals surface area contributed by atoms with Gasteiger partial charge in [0, 0.05) is 11.8 Å². The topological polar surface area (TPSA) is 54.4 Å². The number of carbonyl (C=O) groups is 2. The molecule has 3 rings (SSSR count). The molecular formula is C15H20O3. The molecule has 2 fully saturated rings. The molecule has 0 unspecified atom stereocenters. The Morgan fingerprint density at radius 2 is 2.11 bits per heavy atom. The summed E-state index contributed by atoms with van der Waals surface area (Å²) in [6, 6.07) is 0. The molecule has 2 bridgehead atoms. The lowest BCUT2D eigenvalue weighted by Crippen LogP contribution is -2.58. The summed E-state index contributed by atoms with van der Waals surface area (Å²) in [4.78, 5) is 23.9. The van der Waals surface area contributed by atoms with E-state index in [-0.39, 0.29) is 11.7 Å². The third kappa shape index (κ3) is 0.979. The van der Waals surface area contributed by atoms with Crippen molar-refractivity contribution in [2.75, 3.05) is 0 Å². The molecule has 18 heavy (non-hydrogen) atoms. The lowest BCUT2D eigenvalue weighted by atomic mass is 9.52. The van der Waals surface area contributed by atoms with Crippen molar-refractivity contribution in [1.82, 2.24) is 0 Å². The summed E-state index contributed by atoms with van der Waals surface area (Å²) in [5.74, 6) is 0.578. The van der Waals surface area contributed by atoms with Gasteiger partial charge in [-0.3, -0.25) is 4.79 Å². The van der Waals surface area contributed by atoms with Crippen LogP contribution in [0.5, 0.6) is 0 Å². The van der Waals surface area contributed by atoms with Crippen LogP contribution in [0.25, 0.3) is 0 Å². The Bertz CT molecular complexity index is 480. The Morgan fingerprint density at radius 3 is 2.72 bits per heavy atom. The minimum atomic E-state index is -1.45. The van der Waals surface area contributed by atoms with Gasteiger partial charge >= 0.3 is 0 Å². The standard InChI is InChI=1S/C15H20O3/c1-9-4-5-11-10(9)6-15(18)12(17)7-13(11,2)14(15,3)8-16/h5,8-10,18H,4,6-7H2,1-3H3/t9-,10-,13+,14-,15-/m0/s1. The summed E-state index contributed by atoms with van der Waals surface area (Å²) in [5, 5.41) is 10.8. The summed E-state index contributed by atoms with van der Waals surface area (Å²) < 4.78 is 0. The van der Waals surface area contributed by atoms with Crippen LogP contribution >= 0.6 is 0 Å². The van der Waals surface area contributed by atoms with E-state index < -0.39 is 16.4 Å². The van der Waals surface area contributed by atoms with Crippen LogP contribution in [0, 0.1) is 22.7 Å². The molecule has 0 aromatic carbocycles. The van der Waals surface area contributed by atoms with Crippen molar-refractivity contribution in [1.29, 1.82) is 0 Å². The average molecular weight is 248 g/mol. The average Bonchev–Trinajstić information content (AvgIpc) is 2.71. The Labute approximate surface area is 107 Å². The maximum atomic E-state index is 12.3. The highest BCUT2D eigenvalue weighted by Crippen LogP contribution is 2.68. The molecule has 3 nitrogen and oxygen atoms in total. The van der Waals surface area contributed by atoms with E-state index in [1.807, 2.05) is 6.92 Å². The van der Waals surface area contributed by atoms with Gasteiger partial charge in [-0.25, -0.2) is 0 Å². The van der Waals surface area contributed by atoms with E-state index >= 15 is 0 Å². The van der Waals surface area contributed by atoms with Gasteiger partial charge in [-0.1, -0.05) is 25.5 Å². The largest absolute Gasteiger partial charge is 0.381 e. The molecular weight excluding hydrogens is 228 g/mol. The predicted molar refractivity (Wildman–Crippen MR) is 66.8 cm³/mol. The summed E-state index contributed by atoms with van der Waals surface area (Å²) >= 11 is 0. The predicted octanol–water partition coefficient (Wildman–Crippen LogP) is 1.89. The normalized spacial score (nSPS) is 54.2. The SMILES string of the molecule is C[C@H]1CC=C2[C@H]1C[C@]1(O)C(=O)C[C@@]2(C)[C@]1(C)C=O. The molecule has 0 amide bonds. The molecule has 0 heterocycles. The fraction of sp³-hybridized carbons (Fsp3) is 0.733. The van der Waals surface area contributed by atoms with Crippen LogP contribution in [0.2, 0.25) is 0 Å². The van der Waals surface area contributed by atoms with Crippen molar-refractivity contribution in [3.8, 4) is 0 Å². The Morgan fingerprint density at radius 1 is 1.44 bits per heavy atom. The Kier molecular flexibility index (Phi) is 2.10. The van der Waals surface area contributed by atoms with Gasteiger partial charge in [0.15, 0.2) is 5.78 Å². The fourth-order valence-electron chi connectivity index (χ4n) is 4.55. The first-order valence-corrected chi connectivity index (χ1v) is 6.73. The number of hydrogen-bond donors (Lipinski definition) is 1. The number of Topliss-reactive ketones (excluding diaryl/α,β-unsaturated/α-hetero) is 1. The second-order valence-electron chi connectivity index (χ2n) is 6.80. The van der Waals surface area contributed by atoms with Gasteiger partial charge < -0.3 is 9.90 Å². The van der Waals surface area contributed by atoms with Crippen molar-refractivity contribution in [2.24, 2.45) is 22.7 Å². The maximum absolute atomic E-state index is 12.3. The first kappa shape index (κ1) is 12.1. The van der Waals surface area contributed by atoms with E-state index in [9.17, 15) is 14.7 Å². The summed E-state index contributed by atoms with van der Waals surface area (Å²) in [6.07, 6.45) is 4.74. The van der Waals surface area contributed by atoms with Crippen molar-refractivity contribution < 1.29 is 14.7 Å². The molecule has 3 aliphatic rings. The van der Waals surface area contributed by atoms with E-state index in [4.69, 9.17) is 0 Å². The van der Waals surface area contributed by atoms with Gasteiger partial charge in [0.05, 0.1) is 5.41 Å². The smallest absolute Gasteiger partial charge is 0.166 e. The first-order chi connectivity index (χ1) is 8.30. The highest BCUT2D eigenvalue weighted by atomic mass is 16.3. The zero-order chi connectivity index (χ0) is 13.3. The van der Waals surface area contributed by atoms with E-state index in [2.05, 4.69) is 13.0 Å². The molecule has 1 N–H and O–H groups in total. The van der Waals surface area contributed by atoms with E-state index in [0.29, 0.717) is 18.8 Å². The minimum absolute atomic E-state index is 0.151. The second-order valence-corrected chi connectivity index (χ2v) is 6.80. The number of aliphatic hydroxyl groups is 1. The highest BCUT2D eigenvalue weighted by Gasteiger charge is 2.73. The van der Waals surface area contributed by atoms with Gasteiger partial charge in [0.1, 0.15) is 11.9 Å². The zero-order valence-corrected chi connectivity index (χ0v) is 11.2. The summed E-state index contributed by atoms with van der Waals surface area (Å²) in [5.41, 5.74) is -1.68. The molecule has 0 aromatic rings. The van der Waals surface area contributed by atoms with E-state index in [1.54, 1.807) is 6.92 Å².